The van der Waals surface area contributed by atoms with Crippen LogP contribution in [0.25, 0.3) is 0 Å². The summed E-state index contributed by atoms with van der Waals surface area (Å²) in [4.78, 5) is 61.4. The molecule has 0 radical (unpaired) electrons. The van der Waals surface area contributed by atoms with Crippen molar-refractivity contribution in [3.05, 3.63) is 42.0 Å². The van der Waals surface area contributed by atoms with Crippen molar-refractivity contribution in [3.8, 4) is 0 Å². The van der Waals surface area contributed by atoms with E-state index in [4.69, 9.17) is 34.2 Å². The number of imide groups is 1. The fourth-order valence-electron chi connectivity index (χ4n) is 5.01. The summed E-state index contributed by atoms with van der Waals surface area (Å²) in [7, 11) is 0. The van der Waals surface area contributed by atoms with Gasteiger partial charge in [-0.2, -0.15) is 0 Å². The third-order valence-corrected chi connectivity index (χ3v) is 7.92. The molecule has 1 aliphatic heterocycles. The number of amides is 6. The van der Waals surface area contributed by atoms with Gasteiger partial charge in [-0.15, -0.1) is 0 Å². The lowest BCUT2D eigenvalue weighted by molar-refractivity contribution is -0.140. The SMILES string of the molecule is Cc1ccc(NC(COCCOCCOCCOCCOCCOCCC(=O)N[C@H](C(=O)N[C@@H](C)CCCNC(N)=O)C(C)C)N2C(=O)C=CC2=O)cc1. The van der Waals surface area contributed by atoms with Gasteiger partial charge in [0.2, 0.25) is 11.8 Å². The topological polar surface area (TPSA) is 218 Å². The normalized spacial score (nSPS) is 14.3. The first-order valence-electron chi connectivity index (χ1n) is 18.5. The Morgan fingerprint density at radius 1 is 0.722 bits per heavy atom. The first kappa shape index (κ1) is 46.0. The Morgan fingerprint density at radius 3 is 1.72 bits per heavy atom. The number of carbonyl (C=O) groups excluding carboxylic acids is 5. The Bertz CT molecular complexity index is 1280. The molecule has 0 aliphatic carbocycles. The second-order valence-corrected chi connectivity index (χ2v) is 12.9. The van der Waals surface area contributed by atoms with Gasteiger partial charge in [0.1, 0.15) is 12.2 Å². The molecule has 0 fully saturated rings. The average Bonchev–Trinajstić information content (AvgIpc) is 3.46. The number of hydrogen-bond acceptors (Lipinski definition) is 12. The Labute approximate surface area is 318 Å². The van der Waals surface area contributed by atoms with Gasteiger partial charge < -0.3 is 55.4 Å². The molecular weight excluding hydrogens is 704 g/mol. The number of primary amides is 1. The van der Waals surface area contributed by atoms with E-state index in [-0.39, 0.29) is 50.0 Å². The summed E-state index contributed by atoms with van der Waals surface area (Å²) in [6, 6.07) is 6.26. The minimum Gasteiger partial charge on any atom is -0.379 e. The quantitative estimate of drug-likeness (QED) is 0.0533. The molecule has 6 N–H and O–H groups in total. The van der Waals surface area contributed by atoms with Gasteiger partial charge in [0.15, 0.2) is 0 Å². The fraction of sp³-hybridized carbons (Fsp3) is 0.649. The van der Waals surface area contributed by atoms with E-state index >= 15 is 0 Å². The van der Waals surface area contributed by atoms with Crippen LogP contribution in [0, 0.1) is 12.8 Å². The van der Waals surface area contributed by atoms with E-state index in [1.165, 1.54) is 12.2 Å². The number of rotatable bonds is 31. The summed E-state index contributed by atoms with van der Waals surface area (Å²) in [6.45, 7) is 11.9. The summed E-state index contributed by atoms with van der Waals surface area (Å²) < 4.78 is 33.2. The summed E-state index contributed by atoms with van der Waals surface area (Å²) in [6.07, 6.45) is 3.27. The number of nitrogens with zero attached hydrogens (tertiary/aromatic N) is 1. The third-order valence-electron chi connectivity index (χ3n) is 7.92. The van der Waals surface area contributed by atoms with Crippen molar-refractivity contribution in [1.29, 1.82) is 0 Å². The van der Waals surface area contributed by atoms with Crippen LogP contribution in [0.4, 0.5) is 10.5 Å². The largest absolute Gasteiger partial charge is 0.379 e. The van der Waals surface area contributed by atoms with E-state index in [0.717, 1.165) is 16.2 Å². The van der Waals surface area contributed by atoms with Crippen molar-refractivity contribution in [2.75, 3.05) is 91.1 Å². The molecule has 54 heavy (non-hydrogen) atoms. The van der Waals surface area contributed by atoms with Gasteiger partial charge in [-0.1, -0.05) is 31.5 Å². The van der Waals surface area contributed by atoms with Crippen molar-refractivity contribution < 1.29 is 52.4 Å². The maximum atomic E-state index is 12.7. The number of hydrogen-bond donors (Lipinski definition) is 5. The number of anilines is 1. The van der Waals surface area contributed by atoms with E-state index in [1.54, 1.807) is 0 Å². The molecule has 0 saturated carbocycles. The molecule has 6 amide bonds. The van der Waals surface area contributed by atoms with Gasteiger partial charge >= 0.3 is 6.03 Å². The molecule has 1 unspecified atom stereocenters. The molecule has 0 bridgehead atoms. The minimum absolute atomic E-state index is 0.102. The summed E-state index contributed by atoms with van der Waals surface area (Å²) in [5.41, 5.74) is 6.92. The van der Waals surface area contributed by atoms with Crippen LogP contribution in [0.1, 0.15) is 45.6 Å². The summed E-state index contributed by atoms with van der Waals surface area (Å²) in [5, 5.41) is 11.4. The maximum Gasteiger partial charge on any atom is 0.312 e. The van der Waals surface area contributed by atoms with Crippen molar-refractivity contribution in [2.45, 2.75) is 65.2 Å². The highest BCUT2D eigenvalue weighted by molar-refractivity contribution is 6.13. The van der Waals surface area contributed by atoms with Crippen molar-refractivity contribution in [1.82, 2.24) is 20.9 Å². The van der Waals surface area contributed by atoms with E-state index in [0.29, 0.717) is 78.8 Å². The smallest absolute Gasteiger partial charge is 0.312 e. The van der Waals surface area contributed by atoms with Crippen molar-refractivity contribution in [2.24, 2.45) is 11.7 Å². The van der Waals surface area contributed by atoms with Gasteiger partial charge in [0.25, 0.3) is 11.8 Å². The van der Waals surface area contributed by atoms with Crippen LogP contribution in [-0.2, 0) is 47.6 Å². The van der Waals surface area contributed by atoms with Crippen LogP contribution in [-0.4, -0.2) is 139 Å². The zero-order valence-electron chi connectivity index (χ0n) is 32.1. The van der Waals surface area contributed by atoms with Gasteiger partial charge in [0.05, 0.1) is 79.3 Å². The molecule has 1 aliphatic rings. The number of aryl methyl sites for hydroxylation is 1. The second kappa shape index (κ2) is 27.5. The molecule has 304 valence electrons. The Hall–Kier alpha value is -4.13. The fourth-order valence-corrected chi connectivity index (χ4v) is 5.01. The van der Waals surface area contributed by atoms with Gasteiger partial charge in [-0.05, 0) is 44.7 Å². The minimum atomic E-state index is -0.669. The average molecular weight is 765 g/mol. The highest BCUT2D eigenvalue weighted by Crippen LogP contribution is 2.15. The van der Waals surface area contributed by atoms with Crippen molar-refractivity contribution in [3.63, 3.8) is 0 Å². The lowest BCUT2D eigenvalue weighted by atomic mass is 10.0. The van der Waals surface area contributed by atoms with Gasteiger partial charge in [-0.3, -0.25) is 24.1 Å². The molecule has 2 rings (SSSR count). The van der Waals surface area contributed by atoms with Crippen molar-refractivity contribution >= 4 is 35.3 Å². The predicted octanol–water partition coefficient (Wildman–Crippen LogP) is 1.24. The van der Waals surface area contributed by atoms with Crippen LogP contribution in [0.2, 0.25) is 0 Å². The predicted molar refractivity (Wildman–Crippen MR) is 200 cm³/mol. The molecule has 0 saturated heterocycles. The molecule has 17 heteroatoms. The third kappa shape index (κ3) is 20.4. The van der Waals surface area contributed by atoms with Gasteiger partial charge in [0, 0.05) is 36.8 Å². The number of nitrogens with two attached hydrogens (primary N) is 1. The number of benzene rings is 1. The number of carbonyl (C=O) groups is 5. The van der Waals surface area contributed by atoms with E-state index in [9.17, 15) is 24.0 Å². The lowest BCUT2D eigenvalue weighted by Gasteiger charge is -2.28. The molecular formula is C37H60N6O11. The molecule has 1 aromatic carbocycles. The van der Waals surface area contributed by atoms with E-state index in [1.807, 2.05) is 52.0 Å². The Kier molecular flexibility index (Phi) is 23.4. The Balaban J connectivity index is 1.41. The molecule has 1 heterocycles. The molecule has 17 nitrogen and oxygen atoms in total. The zero-order valence-corrected chi connectivity index (χ0v) is 32.1. The number of nitrogens with one attached hydrogen (secondary N) is 4. The van der Waals surface area contributed by atoms with Crippen LogP contribution in [0.15, 0.2) is 36.4 Å². The highest BCUT2D eigenvalue weighted by atomic mass is 16.6. The first-order valence-corrected chi connectivity index (χ1v) is 18.5. The molecule has 0 spiro atoms. The zero-order chi connectivity index (χ0) is 39.6. The highest BCUT2D eigenvalue weighted by Gasteiger charge is 2.31. The van der Waals surface area contributed by atoms with Crippen LogP contribution in [0.5, 0.6) is 0 Å². The summed E-state index contributed by atoms with van der Waals surface area (Å²) in [5.74, 6) is -1.42. The molecule has 0 aromatic heterocycles. The standard InChI is InChI=1S/C37H60N6O11/c1-27(2)35(36(47)40-29(4)6-5-14-39-37(38)48)42-32(44)13-15-49-16-17-50-18-19-51-20-21-52-22-23-53-24-25-54-26-31(43-33(45)11-12-34(43)46)41-30-9-7-28(3)8-10-30/h7-12,27,29,31,35,41H,5-6,13-26H2,1-4H3,(H,40,47)(H,42,44)(H3,38,39,48)/t29-,31?,35-/m0/s1. The van der Waals surface area contributed by atoms with Crippen LogP contribution in [0.3, 0.4) is 0 Å². The number of urea groups is 1. The monoisotopic (exact) mass is 764 g/mol. The maximum absolute atomic E-state index is 12.7. The van der Waals surface area contributed by atoms with Crippen LogP contribution < -0.4 is 27.0 Å². The first-order chi connectivity index (χ1) is 26.0. The molecule has 1 aromatic rings. The van der Waals surface area contributed by atoms with Gasteiger partial charge in [-0.25, -0.2) is 4.79 Å². The second-order valence-electron chi connectivity index (χ2n) is 12.9. The molecule has 3 atom stereocenters. The number of ether oxygens (including phenoxy) is 6. The Morgan fingerprint density at radius 2 is 1.22 bits per heavy atom. The van der Waals surface area contributed by atoms with Crippen LogP contribution >= 0.6 is 0 Å². The van der Waals surface area contributed by atoms with E-state index < -0.39 is 30.1 Å². The van der Waals surface area contributed by atoms with E-state index in [2.05, 4.69) is 21.3 Å². The lowest BCUT2D eigenvalue weighted by Crippen LogP contribution is -2.51. The summed E-state index contributed by atoms with van der Waals surface area (Å²) >= 11 is 0.